The summed E-state index contributed by atoms with van der Waals surface area (Å²) in [5.41, 5.74) is 6.52. The summed E-state index contributed by atoms with van der Waals surface area (Å²) in [6.07, 6.45) is 0.997. The van der Waals surface area contributed by atoms with Gasteiger partial charge in [0.15, 0.2) is 0 Å². The van der Waals surface area contributed by atoms with E-state index in [0.29, 0.717) is 24.5 Å². The van der Waals surface area contributed by atoms with Crippen LogP contribution in [0, 0.1) is 5.41 Å². The normalized spacial score (nSPS) is 20.3. The fourth-order valence-corrected chi connectivity index (χ4v) is 2.94. The van der Waals surface area contributed by atoms with Gasteiger partial charge in [-0.15, -0.1) is 0 Å². The van der Waals surface area contributed by atoms with Crippen molar-refractivity contribution in [3.63, 3.8) is 0 Å². The van der Waals surface area contributed by atoms with Crippen LogP contribution in [0.4, 0.5) is 5.69 Å². The summed E-state index contributed by atoms with van der Waals surface area (Å²) < 4.78 is 5.13. The van der Waals surface area contributed by atoms with Crippen LogP contribution in [-0.2, 0) is 9.59 Å². The lowest BCUT2D eigenvalue weighted by Crippen LogP contribution is -2.42. The molecule has 1 aliphatic heterocycles. The summed E-state index contributed by atoms with van der Waals surface area (Å²) in [5.74, 6) is 0.360. The monoisotopic (exact) mass is 348 g/mol. The van der Waals surface area contributed by atoms with Crippen molar-refractivity contribution in [2.45, 2.75) is 13.3 Å². The molecule has 1 heterocycles. The van der Waals surface area contributed by atoms with Gasteiger partial charge in [0.1, 0.15) is 5.75 Å². The Hall–Kier alpha value is -2.12. The Bertz CT molecular complexity index is 622. The lowest BCUT2D eigenvalue weighted by atomic mass is 9.90. The molecule has 0 bridgehead atoms. The van der Waals surface area contributed by atoms with Gasteiger partial charge in [0.25, 0.3) is 0 Å². The smallest absolute Gasteiger partial charge is 0.243 e. The molecule has 0 radical (unpaired) electrons. The molecule has 7 heteroatoms. The van der Waals surface area contributed by atoms with Crippen LogP contribution in [-0.4, -0.2) is 68.5 Å². The molecule has 0 aliphatic carbocycles. The summed E-state index contributed by atoms with van der Waals surface area (Å²) in [7, 11) is 3.22. The Balaban J connectivity index is 1.81. The molecule has 138 valence electrons. The first-order chi connectivity index (χ1) is 11.8. The third-order valence-electron chi connectivity index (χ3n) is 4.65. The average Bonchev–Trinajstić information content (AvgIpc) is 2.96. The Morgan fingerprint density at radius 3 is 2.84 bits per heavy atom. The minimum Gasteiger partial charge on any atom is -0.497 e. The second-order valence-electron chi connectivity index (χ2n) is 7.01. The molecule has 3 N–H and O–H groups in total. The fraction of sp³-hybridized carbons (Fsp3) is 0.556. The van der Waals surface area contributed by atoms with E-state index in [1.54, 1.807) is 38.4 Å². The SMILES string of the molecule is COc1cccc(NC(=O)CN(C)C(=O)CN2CCC(C)(CN)C2)c1. The molecule has 1 saturated heterocycles. The Kier molecular flexibility index (Phi) is 6.39. The van der Waals surface area contributed by atoms with Gasteiger partial charge in [-0.05, 0) is 37.1 Å². The number of amides is 2. The molecule has 1 aromatic rings. The van der Waals surface area contributed by atoms with Crippen molar-refractivity contribution in [1.82, 2.24) is 9.80 Å². The molecule has 1 atom stereocenters. The third-order valence-corrected chi connectivity index (χ3v) is 4.65. The molecule has 2 rings (SSSR count). The zero-order valence-corrected chi connectivity index (χ0v) is 15.2. The summed E-state index contributed by atoms with van der Waals surface area (Å²) in [6.45, 7) is 4.78. The maximum Gasteiger partial charge on any atom is 0.243 e. The van der Waals surface area contributed by atoms with Gasteiger partial charge < -0.3 is 20.7 Å². The topological polar surface area (TPSA) is 87.9 Å². The lowest BCUT2D eigenvalue weighted by Gasteiger charge is -2.24. The quantitative estimate of drug-likeness (QED) is 0.760. The van der Waals surface area contributed by atoms with Gasteiger partial charge in [-0.1, -0.05) is 13.0 Å². The number of carbonyl (C=O) groups excluding carboxylic acids is 2. The number of rotatable bonds is 7. The average molecular weight is 348 g/mol. The van der Waals surface area contributed by atoms with Crippen LogP contribution in [0.3, 0.4) is 0 Å². The highest BCUT2D eigenvalue weighted by Crippen LogP contribution is 2.28. The van der Waals surface area contributed by atoms with Crippen LogP contribution in [0.25, 0.3) is 0 Å². The van der Waals surface area contributed by atoms with E-state index < -0.39 is 0 Å². The summed E-state index contributed by atoms with van der Waals surface area (Å²) in [4.78, 5) is 28.0. The highest BCUT2D eigenvalue weighted by atomic mass is 16.5. The van der Waals surface area contributed by atoms with E-state index in [9.17, 15) is 9.59 Å². The summed E-state index contributed by atoms with van der Waals surface area (Å²) in [5, 5.41) is 2.78. The van der Waals surface area contributed by atoms with Gasteiger partial charge in [0.05, 0.1) is 20.2 Å². The first-order valence-electron chi connectivity index (χ1n) is 8.45. The van der Waals surface area contributed by atoms with Gasteiger partial charge in [0.2, 0.25) is 11.8 Å². The molecule has 0 saturated carbocycles. The Morgan fingerprint density at radius 2 is 2.20 bits per heavy atom. The second-order valence-corrected chi connectivity index (χ2v) is 7.01. The van der Waals surface area contributed by atoms with Crippen LogP contribution in [0.2, 0.25) is 0 Å². The minimum absolute atomic E-state index is 0.0119. The molecule has 2 amide bonds. The fourth-order valence-electron chi connectivity index (χ4n) is 2.94. The number of anilines is 1. The van der Waals surface area contributed by atoms with E-state index in [1.807, 2.05) is 0 Å². The van der Waals surface area contributed by atoms with Crippen molar-refractivity contribution in [1.29, 1.82) is 0 Å². The van der Waals surface area contributed by atoms with E-state index in [1.165, 1.54) is 4.90 Å². The Morgan fingerprint density at radius 1 is 1.44 bits per heavy atom. The van der Waals surface area contributed by atoms with Gasteiger partial charge in [-0.25, -0.2) is 0 Å². The van der Waals surface area contributed by atoms with Crippen molar-refractivity contribution in [2.24, 2.45) is 11.1 Å². The number of nitrogens with two attached hydrogens (primary N) is 1. The highest BCUT2D eigenvalue weighted by Gasteiger charge is 2.33. The molecular formula is C18H28N4O3. The molecule has 1 aromatic carbocycles. The Labute approximate surface area is 149 Å². The number of carbonyl (C=O) groups is 2. The van der Waals surface area contributed by atoms with E-state index in [0.717, 1.165) is 19.5 Å². The molecule has 0 aromatic heterocycles. The van der Waals surface area contributed by atoms with Crippen molar-refractivity contribution in [3.8, 4) is 5.75 Å². The highest BCUT2D eigenvalue weighted by molar-refractivity contribution is 5.94. The molecule has 1 fully saturated rings. The maximum absolute atomic E-state index is 12.3. The van der Waals surface area contributed by atoms with Gasteiger partial charge >= 0.3 is 0 Å². The molecular weight excluding hydrogens is 320 g/mol. The number of nitrogens with one attached hydrogen (secondary N) is 1. The lowest BCUT2D eigenvalue weighted by molar-refractivity contribution is -0.134. The van der Waals surface area contributed by atoms with Crippen molar-refractivity contribution < 1.29 is 14.3 Å². The number of ether oxygens (including phenoxy) is 1. The molecule has 25 heavy (non-hydrogen) atoms. The van der Waals surface area contributed by atoms with Crippen LogP contribution in [0.1, 0.15) is 13.3 Å². The predicted molar refractivity (Wildman–Crippen MR) is 97.5 cm³/mol. The first kappa shape index (κ1) is 19.2. The number of benzene rings is 1. The number of hydrogen-bond acceptors (Lipinski definition) is 5. The van der Waals surface area contributed by atoms with Crippen LogP contribution in [0.5, 0.6) is 5.75 Å². The van der Waals surface area contributed by atoms with E-state index in [-0.39, 0.29) is 23.8 Å². The second kappa shape index (κ2) is 8.31. The summed E-state index contributed by atoms with van der Waals surface area (Å²) in [6, 6.07) is 7.11. The zero-order chi connectivity index (χ0) is 18.4. The van der Waals surface area contributed by atoms with Crippen LogP contribution >= 0.6 is 0 Å². The number of methoxy groups -OCH3 is 1. The van der Waals surface area contributed by atoms with E-state index in [2.05, 4.69) is 17.1 Å². The van der Waals surface area contributed by atoms with Crippen molar-refractivity contribution in [2.75, 3.05) is 52.2 Å². The first-order valence-corrected chi connectivity index (χ1v) is 8.45. The maximum atomic E-state index is 12.3. The number of likely N-dealkylation sites (N-methyl/N-ethyl adjacent to an activating group) is 1. The largest absolute Gasteiger partial charge is 0.497 e. The number of likely N-dealkylation sites (tertiary alicyclic amines) is 1. The standard InChI is InChI=1S/C18H28N4O3/c1-18(12-19)7-8-22(13-18)11-17(24)21(2)10-16(23)20-14-5-4-6-15(9-14)25-3/h4-6,9H,7-8,10-13,19H2,1-3H3,(H,20,23). The van der Waals surface area contributed by atoms with E-state index in [4.69, 9.17) is 10.5 Å². The minimum atomic E-state index is -0.239. The van der Waals surface area contributed by atoms with Crippen molar-refractivity contribution >= 4 is 17.5 Å². The zero-order valence-electron chi connectivity index (χ0n) is 15.2. The predicted octanol–water partition coefficient (Wildman–Crippen LogP) is 0.763. The van der Waals surface area contributed by atoms with Crippen molar-refractivity contribution in [3.05, 3.63) is 24.3 Å². The van der Waals surface area contributed by atoms with E-state index >= 15 is 0 Å². The summed E-state index contributed by atoms with van der Waals surface area (Å²) >= 11 is 0. The molecule has 1 unspecified atom stereocenters. The molecule has 7 nitrogen and oxygen atoms in total. The number of hydrogen-bond donors (Lipinski definition) is 2. The molecule has 1 aliphatic rings. The molecule has 0 spiro atoms. The van der Waals surface area contributed by atoms with Crippen LogP contribution in [0.15, 0.2) is 24.3 Å². The van der Waals surface area contributed by atoms with Gasteiger partial charge in [-0.2, -0.15) is 0 Å². The van der Waals surface area contributed by atoms with Gasteiger partial charge in [0, 0.05) is 25.3 Å². The van der Waals surface area contributed by atoms with Gasteiger partial charge in [-0.3, -0.25) is 14.5 Å². The van der Waals surface area contributed by atoms with Crippen LogP contribution < -0.4 is 15.8 Å². The third kappa shape index (κ3) is 5.44. The number of nitrogens with zero attached hydrogens (tertiary/aromatic N) is 2.